The topological polar surface area (TPSA) is 117 Å². The van der Waals surface area contributed by atoms with Crippen molar-refractivity contribution >= 4 is 17.9 Å². The van der Waals surface area contributed by atoms with Crippen LogP contribution in [0.2, 0.25) is 0 Å². The molecule has 0 bridgehead atoms. The van der Waals surface area contributed by atoms with Crippen LogP contribution in [0.1, 0.15) is 65.0 Å². The minimum Gasteiger partial charge on any atom is -0.367 e. The number of pyridine rings is 2. The van der Waals surface area contributed by atoms with Gasteiger partial charge in [0, 0.05) is 60.8 Å². The number of aryl methyl sites for hydroxylation is 2. The highest BCUT2D eigenvalue weighted by atomic mass is 16.1. The highest BCUT2D eigenvalue weighted by Gasteiger charge is 2.20. The van der Waals surface area contributed by atoms with Gasteiger partial charge in [0.05, 0.1) is 11.3 Å². The zero-order valence-electron chi connectivity index (χ0n) is 24.9. The van der Waals surface area contributed by atoms with E-state index in [0.717, 1.165) is 42.7 Å². The van der Waals surface area contributed by atoms with E-state index in [2.05, 4.69) is 44.6 Å². The van der Waals surface area contributed by atoms with E-state index in [1.54, 1.807) is 6.07 Å². The van der Waals surface area contributed by atoms with Crippen molar-refractivity contribution in [1.29, 1.82) is 5.41 Å². The van der Waals surface area contributed by atoms with Gasteiger partial charge in [0.25, 0.3) is 11.5 Å². The van der Waals surface area contributed by atoms with Gasteiger partial charge in [0.1, 0.15) is 5.82 Å². The van der Waals surface area contributed by atoms with Crippen LogP contribution in [0.3, 0.4) is 0 Å². The van der Waals surface area contributed by atoms with Crippen LogP contribution in [-0.2, 0) is 13.1 Å². The predicted molar refractivity (Wildman–Crippen MR) is 166 cm³/mol. The van der Waals surface area contributed by atoms with Crippen molar-refractivity contribution in [3.8, 4) is 11.3 Å². The van der Waals surface area contributed by atoms with Crippen molar-refractivity contribution in [3.63, 3.8) is 0 Å². The number of likely N-dealkylation sites (tertiary alicyclic amines) is 1. The predicted octanol–water partition coefficient (Wildman–Crippen LogP) is 4.33. The molecular formula is C32H43N7O2. The number of hydrogen-bond acceptors (Lipinski definition) is 7. The Morgan fingerprint density at radius 1 is 1.20 bits per heavy atom. The molecule has 1 aromatic carbocycles. The van der Waals surface area contributed by atoms with Crippen LogP contribution in [0.5, 0.6) is 0 Å². The molecule has 1 aliphatic heterocycles. The normalized spacial score (nSPS) is 13.6. The zero-order valence-corrected chi connectivity index (χ0v) is 24.9. The van der Waals surface area contributed by atoms with Crippen LogP contribution in [0, 0.1) is 19.3 Å². The Hall–Kier alpha value is -3.82. The van der Waals surface area contributed by atoms with Gasteiger partial charge in [-0.1, -0.05) is 18.2 Å². The molecule has 41 heavy (non-hydrogen) atoms. The van der Waals surface area contributed by atoms with Crippen molar-refractivity contribution < 1.29 is 4.79 Å². The van der Waals surface area contributed by atoms with Crippen LogP contribution >= 0.6 is 0 Å². The fourth-order valence-corrected chi connectivity index (χ4v) is 5.32. The number of likely N-dealkylation sites (N-methyl/N-ethyl adjacent to an activating group) is 1. The number of aromatic nitrogens is 2. The zero-order chi connectivity index (χ0) is 29.5. The molecule has 0 unspecified atom stereocenters. The average Bonchev–Trinajstić information content (AvgIpc) is 3.44. The van der Waals surface area contributed by atoms with E-state index in [-0.39, 0.29) is 24.1 Å². The van der Waals surface area contributed by atoms with Crippen LogP contribution in [0.4, 0.5) is 5.82 Å². The quantitative estimate of drug-likeness (QED) is 0.246. The van der Waals surface area contributed by atoms with Gasteiger partial charge in [-0.15, -0.1) is 0 Å². The van der Waals surface area contributed by atoms with E-state index in [1.165, 1.54) is 31.5 Å². The first-order valence-electron chi connectivity index (χ1n) is 14.4. The summed E-state index contributed by atoms with van der Waals surface area (Å²) in [7, 11) is 2.15. The second-order valence-electron chi connectivity index (χ2n) is 11.4. The Morgan fingerprint density at radius 2 is 1.95 bits per heavy atom. The maximum atomic E-state index is 13.5. The van der Waals surface area contributed by atoms with Gasteiger partial charge in [0.2, 0.25) is 0 Å². The molecule has 218 valence electrons. The van der Waals surface area contributed by atoms with Crippen molar-refractivity contribution in [2.75, 3.05) is 38.5 Å². The number of carbonyl (C=O) groups is 1. The molecule has 2 aromatic heterocycles. The van der Waals surface area contributed by atoms with Crippen molar-refractivity contribution in [2.24, 2.45) is 0 Å². The number of rotatable bonds is 12. The van der Waals surface area contributed by atoms with E-state index >= 15 is 0 Å². The lowest BCUT2D eigenvalue weighted by Gasteiger charge is -2.21. The minimum atomic E-state index is -0.365. The molecule has 3 aromatic rings. The Kier molecular flexibility index (Phi) is 10.1. The van der Waals surface area contributed by atoms with Crippen LogP contribution < -0.4 is 16.2 Å². The SMILES string of the molecule is Cc1cc(C)c(CNC(=O)c2cc(-c3cccc(CN(C)CCN4CCCC4)c3)nc(NC(C)C)c2C=N)c(=O)[nH]1. The minimum absolute atomic E-state index is 0.0525. The first-order chi connectivity index (χ1) is 19.6. The van der Waals surface area contributed by atoms with Crippen molar-refractivity contribution in [1.82, 2.24) is 25.1 Å². The van der Waals surface area contributed by atoms with E-state index in [9.17, 15) is 9.59 Å². The van der Waals surface area contributed by atoms with Crippen molar-refractivity contribution in [2.45, 2.75) is 59.7 Å². The molecule has 0 atom stereocenters. The number of amides is 1. The molecule has 0 radical (unpaired) electrons. The van der Waals surface area contributed by atoms with E-state index < -0.39 is 0 Å². The number of hydrogen-bond donors (Lipinski definition) is 4. The molecule has 9 nitrogen and oxygen atoms in total. The molecule has 0 spiro atoms. The Bertz CT molecular complexity index is 1440. The maximum Gasteiger partial charge on any atom is 0.253 e. The Balaban J connectivity index is 1.60. The van der Waals surface area contributed by atoms with Gasteiger partial charge < -0.3 is 30.8 Å². The summed E-state index contributed by atoms with van der Waals surface area (Å²) in [5.74, 6) is 0.117. The van der Waals surface area contributed by atoms with Gasteiger partial charge >= 0.3 is 0 Å². The number of nitrogens with one attached hydrogen (secondary N) is 4. The second-order valence-corrected chi connectivity index (χ2v) is 11.4. The monoisotopic (exact) mass is 557 g/mol. The Labute approximate surface area is 242 Å². The van der Waals surface area contributed by atoms with Gasteiger partial charge in [-0.2, -0.15) is 0 Å². The molecule has 1 aliphatic rings. The number of anilines is 1. The summed E-state index contributed by atoms with van der Waals surface area (Å²) < 4.78 is 0. The van der Waals surface area contributed by atoms with Crippen LogP contribution in [-0.4, -0.2) is 71.2 Å². The first kappa shape index (κ1) is 30.1. The van der Waals surface area contributed by atoms with Crippen LogP contribution in [0.15, 0.2) is 41.2 Å². The lowest BCUT2D eigenvalue weighted by Crippen LogP contribution is -2.31. The van der Waals surface area contributed by atoms with Gasteiger partial charge in [-0.3, -0.25) is 9.59 Å². The summed E-state index contributed by atoms with van der Waals surface area (Å²) in [6.45, 7) is 13.1. The van der Waals surface area contributed by atoms with Gasteiger partial charge in [0.15, 0.2) is 0 Å². The lowest BCUT2D eigenvalue weighted by atomic mass is 10.0. The lowest BCUT2D eigenvalue weighted by molar-refractivity contribution is 0.0950. The second kappa shape index (κ2) is 13.7. The van der Waals surface area contributed by atoms with Crippen molar-refractivity contribution in [3.05, 3.63) is 80.3 Å². The molecule has 9 heteroatoms. The molecule has 4 N–H and O–H groups in total. The summed E-state index contributed by atoms with van der Waals surface area (Å²) in [4.78, 5) is 38.5. The summed E-state index contributed by atoms with van der Waals surface area (Å²) in [6.07, 6.45) is 3.76. The third-order valence-corrected chi connectivity index (χ3v) is 7.46. The highest BCUT2D eigenvalue weighted by Crippen LogP contribution is 2.27. The summed E-state index contributed by atoms with van der Waals surface area (Å²) in [5.41, 5.74) is 5.35. The summed E-state index contributed by atoms with van der Waals surface area (Å²) in [6, 6.07) is 11.9. The number of carbonyl (C=O) groups excluding carboxylic acids is 1. The van der Waals surface area contributed by atoms with E-state index in [4.69, 9.17) is 10.4 Å². The fourth-order valence-electron chi connectivity index (χ4n) is 5.32. The largest absolute Gasteiger partial charge is 0.367 e. The number of nitrogens with zero attached hydrogens (tertiary/aromatic N) is 3. The fraction of sp³-hybridized carbons (Fsp3) is 0.438. The molecule has 1 fully saturated rings. The van der Waals surface area contributed by atoms with Gasteiger partial charge in [-0.25, -0.2) is 4.98 Å². The van der Waals surface area contributed by atoms with E-state index in [1.807, 2.05) is 45.9 Å². The first-order valence-corrected chi connectivity index (χ1v) is 14.4. The number of aromatic amines is 1. The number of H-pyrrole nitrogens is 1. The average molecular weight is 558 g/mol. The van der Waals surface area contributed by atoms with Crippen LogP contribution in [0.25, 0.3) is 11.3 Å². The van der Waals surface area contributed by atoms with Gasteiger partial charge in [-0.05, 0) is 90.0 Å². The summed E-state index contributed by atoms with van der Waals surface area (Å²) in [5, 5.41) is 14.3. The number of benzene rings is 1. The third kappa shape index (κ3) is 7.89. The molecule has 1 saturated heterocycles. The third-order valence-electron chi connectivity index (χ3n) is 7.46. The van der Waals surface area contributed by atoms with E-state index in [0.29, 0.717) is 28.2 Å². The molecular weight excluding hydrogens is 514 g/mol. The standard InChI is InChI=1S/C32H43N7O2/c1-21(2)35-30-27(18-33)26(31(40)34-19-28-22(3)15-23(4)36-32(28)41)17-29(37-30)25-10-8-9-24(16-25)20-38(5)13-14-39-11-6-7-12-39/h8-10,15-18,21,33H,6-7,11-14,19-20H2,1-5H3,(H,34,40)(H,35,37)(H,36,41). The highest BCUT2D eigenvalue weighted by molar-refractivity contribution is 6.05. The molecule has 1 amide bonds. The molecule has 0 saturated carbocycles. The summed E-state index contributed by atoms with van der Waals surface area (Å²) >= 11 is 0. The molecule has 0 aliphatic carbocycles. The Morgan fingerprint density at radius 3 is 2.63 bits per heavy atom. The maximum absolute atomic E-state index is 13.5. The smallest absolute Gasteiger partial charge is 0.253 e. The molecule has 4 rings (SSSR count). The molecule has 3 heterocycles.